The summed E-state index contributed by atoms with van der Waals surface area (Å²) in [6.07, 6.45) is 4.45. The lowest BCUT2D eigenvalue weighted by molar-refractivity contribution is -0.120. The number of fused-ring (bicyclic) bond motifs is 1. The third-order valence-corrected chi connectivity index (χ3v) is 3.25. The van der Waals surface area contributed by atoms with E-state index in [2.05, 4.69) is 12.6 Å². The smallest absolute Gasteiger partial charge is 0.150 e. The third kappa shape index (κ3) is 2.99. The van der Waals surface area contributed by atoms with Crippen LogP contribution in [0.4, 0.5) is 0 Å². The highest BCUT2D eigenvalue weighted by Gasteiger charge is 2.14. The lowest BCUT2D eigenvalue weighted by atomic mass is 10.00. The van der Waals surface area contributed by atoms with E-state index in [0.29, 0.717) is 12.8 Å². The van der Waals surface area contributed by atoms with Gasteiger partial charge >= 0.3 is 0 Å². The summed E-state index contributed by atoms with van der Waals surface area (Å²) in [5, 5.41) is 0. The molecular weight excluding hydrogens is 226 g/mol. The summed E-state index contributed by atoms with van der Waals surface area (Å²) in [5.74, 6) is 1.08. The summed E-state index contributed by atoms with van der Waals surface area (Å²) in [6.45, 7) is 4.36. The molecule has 1 atom stereocenters. The second-order valence-electron chi connectivity index (χ2n) is 4.64. The summed E-state index contributed by atoms with van der Waals surface area (Å²) in [5.41, 5.74) is 8.17. The van der Waals surface area contributed by atoms with Crippen molar-refractivity contribution >= 4 is 5.78 Å². The minimum absolute atomic E-state index is 0.103. The maximum Gasteiger partial charge on any atom is 0.150 e. The quantitative estimate of drug-likeness (QED) is 0.780. The number of rotatable bonds is 6. The van der Waals surface area contributed by atoms with E-state index in [-0.39, 0.29) is 5.78 Å². The number of benzene rings is 1. The van der Waals surface area contributed by atoms with Gasteiger partial charge in [-0.1, -0.05) is 18.2 Å². The number of aryl methyl sites for hydroxylation is 1. The number of carbonyl (C=O) groups is 1. The monoisotopic (exact) mass is 245 g/mol. The van der Waals surface area contributed by atoms with E-state index in [9.17, 15) is 4.79 Å². The Morgan fingerprint density at radius 3 is 3.17 bits per heavy atom. The number of ketones is 1. The van der Waals surface area contributed by atoms with Crippen molar-refractivity contribution in [1.82, 2.24) is 0 Å². The van der Waals surface area contributed by atoms with Crippen LogP contribution < -0.4 is 10.5 Å². The zero-order chi connectivity index (χ0) is 13.0. The fraction of sp³-hybridized carbons (Fsp3) is 0.400. The Morgan fingerprint density at radius 2 is 2.39 bits per heavy atom. The van der Waals surface area contributed by atoms with Crippen LogP contribution in [0.5, 0.6) is 5.75 Å². The number of Topliss-reactive ketones (excluding diaryl/α,β-unsaturated/α-hetero) is 1. The van der Waals surface area contributed by atoms with Gasteiger partial charge in [-0.2, -0.15) is 0 Å². The molecule has 0 radical (unpaired) electrons. The van der Waals surface area contributed by atoms with Crippen molar-refractivity contribution in [1.29, 1.82) is 0 Å². The van der Waals surface area contributed by atoms with E-state index in [1.807, 2.05) is 12.1 Å². The Morgan fingerprint density at radius 1 is 1.56 bits per heavy atom. The number of hydrogen-bond acceptors (Lipinski definition) is 3. The first-order chi connectivity index (χ1) is 8.70. The van der Waals surface area contributed by atoms with Crippen LogP contribution in [0.25, 0.3) is 0 Å². The minimum atomic E-state index is -0.403. The van der Waals surface area contributed by atoms with Gasteiger partial charge in [-0.05, 0) is 30.0 Å². The molecule has 1 aliphatic rings. The molecule has 0 amide bonds. The molecule has 1 aromatic carbocycles. The van der Waals surface area contributed by atoms with Crippen molar-refractivity contribution in [3.8, 4) is 5.75 Å². The summed E-state index contributed by atoms with van der Waals surface area (Å²) in [7, 11) is 0. The van der Waals surface area contributed by atoms with Crippen LogP contribution in [-0.4, -0.2) is 18.4 Å². The second kappa shape index (κ2) is 5.83. The molecule has 1 unspecified atom stereocenters. The predicted octanol–water partition coefficient (Wildman–Crippen LogP) is 2.03. The van der Waals surface area contributed by atoms with Crippen LogP contribution in [0, 0.1) is 0 Å². The van der Waals surface area contributed by atoms with Crippen LogP contribution in [0.3, 0.4) is 0 Å². The molecule has 3 nitrogen and oxygen atoms in total. The first kappa shape index (κ1) is 12.8. The molecule has 2 rings (SSSR count). The van der Waals surface area contributed by atoms with Gasteiger partial charge in [0.05, 0.1) is 12.6 Å². The van der Waals surface area contributed by atoms with Gasteiger partial charge in [-0.15, -0.1) is 6.58 Å². The summed E-state index contributed by atoms with van der Waals surface area (Å²) < 4.78 is 5.45. The molecular formula is C15H19NO2. The number of nitrogens with two attached hydrogens (primary N) is 1. The van der Waals surface area contributed by atoms with Crippen LogP contribution in [0.15, 0.2) is 30.9 Å². The average molecular weight is 245 g/mol. The number of carbonyl (C=O) groups excluding carboxylic acids is 1. The van der Waals surface area contributed by atoms with E-state index in [0.717, 1.165) is 25.2 Å². The Balaban J connectivity index is 1.90. The van der Waals surface area contributed by atoms with Gasteiger partial charge in [0, 0.05) is 12.8 Å². The zero-order valence-electron chi connectivity index (χ0n) is 10.5. The SMILES string of the molecule is C=CCC(N)C(=O)CCc1ccc2c(c1)CCO2. The van der Waals surface area contributed by atoms with Gasteiger partial charge in [0.2, 0.25) is 0 Å². The van der Waals surface area contributed by atoms with Crippen LogP contribution >= 0.6 is 0 Å². The maximum absolute atomic E-state index is 11.7. The van der Waals surface area contributed by atoms with Crippen LogP contribution in [-0.2, 0) is 17.6 Å². The van der Waals surface area contributed by atoms with Crippen LogP contribution in [0.1, 0.15) is 24.0 Å². The molecule has 0 spiro atoms. The van der Waals surface area contributed by atoms with Gasteiger partial charge in [0.15, 0.2) is 0 Å². The second-order valence-corrected chi connectivity index (χ2v) is 4.64. The van der Waals surface area contributed by atoms with Crippen molar-refractivity contribution < 1.29 is 9.53 Å². The highest BCUT2D eigenvalue weighted by atomic mass is 16.5. The molecule has 1 aromatic rings. The predicted molar refractivity (Wildman–Crippen MR) is 71.8 cm³/mol. The molecule has 0 bridgehead atoms. The molecule has 0 fully saturated rings. The fourth-order valence-electron chi connectivity index (χ4n) is 2.16. The van der Waals surface area contributed by atoms with Crippen molar-refractivity contribution in [3.05, 3.63) is 42.0 Å². The lowest BCUT2D eigenvalue weighted by Gasteiger charge is -2.08. The van der Waals surface area contributed by atoms with Gasteiger partial charge in [0.1, 0.15) is 11.5 Å². The van der Waals surface area contributed by atoms with E-state index in [4.69, 9.17) is 10.5 Å². The van der Waals surface area contributed by atoms with Crippen molar-refractivity contribution in [3.63, 3.8) is 0 Å². The summed E-state index contributed by atoms with van der Waals surface area (Å²) in [4.78, 5) is 11.7. The van der Waals surface area contributed by atoms with E-state index >= 15 is 0 Å². The zero-order valence-corrected chi connectivity index (χ0v) is 10.5. The van der Waals surface area contributed by atoms with Crippen molar-refractivity contribution in [2.45, 2.75) is 31.7 Å². The molecule has 1 aliphatic heterocycles. The van der Waals surface area contributed by atoms with Gasteiger partial charge in [-0.3, -0.25) is 4.79 Å². The van der Waals surface area contributed by atoms with Crippen molar-refractivity contribution in [2.24, 2.45) is 5.73 Å². The number of ether oxygens (including phenoxy) is 1. The molecule has 1 heterocycles. The molecule has 3 heteroatoms. The molecule has 0 saturated heterocycles. The first-order valence-electron chi connectivity index (χ1n) is 6.34. The largest absolute Gasteiger partial charge is 0.493 e. The topological polar surface area (TPSA) is 52.3 Å². The van der Waals surface area contributed by atoms with Gasteiger partial charge in [0.25, 0.3) is 0 Å². The average Bonchev–Trinajstić information content (AvgIpc) is 2.83. The van der Waals surface area contributed by atoms with Crippen molar-refractivity contribution in [2.75, 3.05) is 6.61 Å². The fourth-order valence-corrected chi connectivity index (χ4v) is 2.16. The van der Waals surface area contributed by atoms with Gasteiger partial charge in [-0.25, -0.2) is 0 Å². The Labute approximate surface area is 108 Å². The highest BCUT2D eigenvalue weighted by molar-refractivity contribution is 5.84. The number of hydrogen-bond donors (Lipinski definition) is 1. The Hall–Kier alpha value is -1.61. The molecule has 96 valence electrons. The molecule has 2 N–H and O–H groups in total. The molecule has 18 heavy (non-hydrogen) atoms. The minimum Gasteiger partial charge on any atom is -0.493 e. The highest BCUT2D eigenvalue weighted by Crippen LogP contribution is 2.26. The summed E-state index contributed by atoms with van der Waals surface area (Å²) >= 11 is 0. The van der Waals surface area contributed by atoms with E-state index < -0.39 is 6.04 Å². The summed E-state index contributed by atoms with van der Waals surface area (Å²) in [6, 6.07) is 5.75. The standard InChI is InChI=1S/C15H19NO2/c1-2-3-13(16)14(17)6-4-11-5-7-15-12(10-11)8-9-18-15/h2,5,7,10,13H,1,3-4,6,8-9,16H2. The Kier molecular flexibility index (Phi) is 4.15. The van der Waals surface area contributed by atoms with Gasteiger partial charge < -0.3 is 10.5 Å². The third-order valence-electron chi connectivity index (χ3n) is 3.25. The molecule has 0 aromatic heterocycles. The van der Waals surface area contributed by atoms with E-state index in [1.54, 1.807) is 6.08 Å². The molecule has 0 aliphatic carbocycles. The van der Waals surface area contributed by atoms with Crippen LogP contribution in [0.2, 0.25) is 0 Å². The van der Waals surface area contributed by atoms with E-state index in [1.165, 1.54) is 11.1 Å². The molecule has 0 saturated carbocycles. The lowest BCUT2D eigenvalue weighted by Crippen LogP contribution is -2.29. The Bertz CT molecular complexity index is 454. The normalized spacial score (nSPS) is 14.7. The maximum atomic E-state index is 11.7. The first-order valence-corrected chi connectivity index (χ1v) is 6.34.